The lowest BCUT2D eigenvalue weighted by Gasteiger charge is -1.98. The predicted octanol–water partition coefficient (Wildman–Crippen LogP) is 1.69. The molecule has 0 saturated carbocycles. The molecule has 0 radical (unpaired) electrons. The molecule has 0 saturated heterocycles. The summed E-state index contributed by atoms with van der Waals surface area (Å²) in [6, 6.07) is 4.97. The van der Waals surface area contributed by atoms with Crippen molar-refractivity contribution in [1.82, 2.24) is 5.43 Å². The zero-order chi connectivity index (χ0) is 11.3. The third-order valence-corrected chi connectivity index (χ3v) is 2.39. The summed E-state index contributed by atoms with van der Waals surface area (Å²) in [5.41, 5.74) is 2.93. The van der Waals surface area contributed by atoms with E-state index in [4.69, 9.17) is 0 Å². The number of nitrogens with zero attached hydrogens (tertiary/aromatic N) is 1. The quantitative estimate of drug-likeness (QED) is 0.495. The van der Waals surface area contributed by atoms with Crippen LogP contribution in [0, 0.1) is 3.57 Å². The van der Waals surface area contributed by atoms with Crippen molar-refractivity contribution in [2.45, 2.75) is 0 Å². The fraction of sp³-hybridized carbons (Fsp3) is 0.111. The van der Waals surface area contributed by atoms with Gasteiger partial charge in [0.25, 0.3) is 0 Å². The summed E-state index contributed by atoms with van der Waals surface area (Å²) in [7, 11) is 1.26. The van der Waals surface area contributed by atoms with E-state index in [1.54, 1.807) is 18.2 Å². The van der Waals surface area contributed by atoms with Gasteiger partial charge in [-0.05, 0) is 46.4 Å². The van der Waals surface area contributed by atoms with Crippen LogP contribution in [0.15, 0.2) is 23.3 Å². The molecule has 0 aliphatic heterocycles. The van der Waals surface area contributed by atoms with Gasteiger partial charge in [-0.3, -0.25) is 0 Å². The van der Waals surface area contributed by atoms with Crippen LogP contribution in [0.3, 0.4) is 0 Å². The Balaban J connectivity index is 2.65. The number of amides is 1. The van der Waals surface area contributed by atoms with Crippen molar-refractivity contribution in [3.63, 3.8) is 0 Å². The van der Waals surface area contributed by atoms with E-state index < -0.39 is 6.09 Å². The molecule has 0 aliphatic rings. The van der Waals surface area contributed by atoms with Crippen molar-refractivity contribution in [2.75, 3.05) is 7.11 Å². The number of methoxy groups -OCH3 is 1. The fourth-order valence-corrected chi connectivity index (χ4v) is 1.35. The van der Waals surface area contributed by atoms with Crippen LogP contribution in [0.5, 0.6) is 5.75 Å². The van der Waals surface area contributed by atoms with E-state index in [0.717, 1.165) is 9.13 Å². The smallest absolute Gasteiger partial charge is 0.427 e. The second kappa shape index (κ2) is 5.54. The zero-order valence-electron chi connectivity index (χ0n) is 7.90. The Labute approximate surface area is 100 Å². The van der Waals surface area contributed by atoms with E-state index in [0.29, 0.717) is 0 Å². The molecule has 0 bridgehead atoms. The van der Waals surface area contributed by atoms with Crippen molar-refractivity contribution in [3.8, 4) is 5.75 Å². The zero-order valence-corrected chi connectivity index (χ0v) is 10.1. The average Bonchev–Trinajstić information content (AvgIpc) is 2.23. The van der Waals surface area contributed by atoms with E-state index in [2.05, 4.69) is 15.3 Å². The molecule has 0 aliphatic carbocycles. The van der Waals surface area contributed by atoms with Crippen molar-refractivity contribution in [1.29, 1.82) is 0 Å². The maximum absolute atomic E-state index is 10.6. The minimum absolute atomic E-state index is 0.216. The minimum atomic E-state index is -0.625. The van der Waals surface area contributed by atoms with Crippen LogP contribution in [-0.4, -0.2) is 24.5 Å². The SMILES string of the molecule is COC(=O)N/N=C\c1ccc(O)c(I)c1. The van der Waals surface area contributed by atoms with Crippen molar-refractivity contribution in [3.05, 3.63) is 27.3 Å². The van der Waals surface area contributed by atoms with Gasteiger partial charge in [0.05, 0.1) is 16.9 Å². The Bertz CT molecular complexity index is 393. The van der Waals surface area contributed by atoms with E-state index in [-0.39, 0.29) is 5.75 Å². The number of nitrogens with one attached hydrogen (secondary N) is 1. The van der Waals surface area contributed by atoms with Gasteiger partial charge < -0.3 is 9.84 Å². The van der Waals surface area contributed by atoms with Crippen LogP contribution in [0.1, 0.15) is 5.56 Å². The molecule has 15 heavy (non-hydrogen) atoms. The molecular weight excluding hydrogens is 311 g/mol. The van der Waals surface area contributed by atoms with Crippen LogP contribution in [0.25, 0.3) is 0 Å². The molecule has 1 aromatic rings. The number of phenols is 1. The number of aromatic hydroxyl groups is 1. The molecule has 0 aromatic heterocycles. The van der Waals surface area contributed by atoms with Gasteiger partial charge in [0.1, 0.15) is 5.75 Å². The molecule has 80 valence electrons. The Hall–Kier alpha value is -1.31. The highest BCUT2D eigenvalue weighted by Crippen LogP contribution is 2.19. The predicted molar refractivity (Wildman–Crippen MR) is 64.0 cm³/mol. The maximum atomic E-state index is 10.6. The summed E-state index contributed by atoms with van der Waals surface area (Å²) in [6.45, 7) is 0. The van der Waals surface area contributed by atoms with E-state index in [9.17, 15) is 9.90 Å². The highest BCUT2D eigenvalue weighted by atomic mass is 127. The van der Waals surface area contributed by atoms with E-state index in [1.165, 1.54) is 13.3 Å². The molecular formula is C9H9IN2O3. The van der Waals surface area contributed by atoms with E-state index >= 15 is 0 Å². The first-order valence-electron chi connectivity index (χ1n) is 3.99. The van der Waals surface area contributed by atoms with Crippen LogP contribution < -0.4 is 5.43 Å². The molecule has 1 aromatic carbocycles. The number of carbonyl (C=O) groups is 1. The molecule has 0 unspecified atom stereocenters. The number of ether oxygens (including phenoxy) is 1. The summed E-state index contributed by atoms with van der Waals surface area (Å²) >= 11 is 2.00. The topological polar surface area (TPSA) is 70.9 Å². The highest BCUT2D eigenvalue weighted by molar-refractivity contribution is 14.1. The number of rotatable bonds is 2. The largest absolute Gasteiger partial charge is 0.507 e. The van der Waals surface area contributed by atoms with Gasteiger partial charge in [-0.2, -0.15) is 5.10 Å². The second-order valence-corrected chi connectivity index (χ2v) is 3.73. The Morgan fingerprint density at radius 3 is 3.00 bits per heavy atom. The first-order valence-corrected chi connectivity index (χ1v) is 5.07. The average molecular weight is 320 g/mol. The number of benzene rings is 1. The molecule has 0 spiro atoms. The summed E-state index contributed by atoms with van der Waals surface area (Å²) in [5, 5.41) is 12.9. The highest BCUT2D eigenvalue weighted by Gasteiger charge is 1.97. The number of halogens is 1. The van der Waals surface area contributed by atoms with Gasteiger partial charge in [0, 0.05) is 0 Å². The molecule has 6 heteroatoms. The monoisotopic (exact) mass is 320 g/mol. The first-order chi connectivity index (χ1) is 7.13. The number of phenolic OH excluding ortho intramolecular Hbond substituents is 1. The normalized spacial score (nSPS) is 10.3. The summed E-state index contributed by atoms with van der Waals surface area (Å²) in [5.74, 6) is 0.216. The van der Waals surface area contributed by atoms with Crippen LogP contribution >= 0.6 is 22.6 Å². The number of hydrazone groups is 1. The molecule has 1 rings (SSSR count). The molecule has 0 fully saturated rings. The van der Waals surface area contributed by atoms with Gasteiger partial charge >= 0.3 is 6.09 Å². The van der Waals surface area contributed by atoms with Gasteiger partial charge in [0.2, 0.25) is 0 Å². The lowest BCUT2D eigenvalue weighted by molar-refractivity contribution is 0.171. The van der Waals surface area contributed by atoms with Gasteiger partial charge in [-0.15, -0.1) is 0 Å². The molecule has 0 atom stereocenters. The van der Waals surface area contributed by atoms with Gasteiger partial charge in [-0.1, -0.05) is 0 Å². The summed E-state index contributed by atoms with van der Waals surface area (Å²) in [4.78, 5) is 10.6. The summed E-state index contributed by atoms with van der Waals surface area (Å²) < 4.78 is 5.04. The molecule has 1 amide bonds. The van der Waals surface area contributed by atoms with Crippen molar-refractivity contribution < 1.29 is 14.6 Å². The van der Waals surface area contributed by atoms with E-state index in [1.807, 2.05) is 22.6 Å². The Kier molecular flexibility index (Phi) is 4.35. The molecule has 5 nitrogen and oxygen atoms in total. The number of hydrogen-bond donors (Lipinski definition) is 2. The number of carbonyl (C=O) groups excluding carboxylic acids is 1. The minimum Gasteiger partial charge on any atom is -0.507 e. The Morgan fingerprint density at radius 1 is 1.67 bits per heavy atom. The molecule has 2 N–H and O–H groups in total. The van der Waals surface area contributed by atoms with Gasteiger partial charge in [0.15, 0.2) is 0 Å². The van der Waals surface area contributed by atoms with Crippen LogP contribution in [-0.2, 0) is 4.74 Å². The third kappa shape index (κ3) is 3.74. The Morgan fingerprint density at radius 2 is 2.40 bits per heavy atom. The first kappa shape index (κ1) is 11.8. The third-order valence-electron chi connectivity index (χ3n) is 1.53. The lowest BCUT2D eigenvalue weighted by atomic mass is 10.2. The van der Waals surface area contributed by atoms with Gasteiger partial charge in [-0.25, -0.2) is 10.2 Å². The van der Waals surface area contributed by atoms with Crippen LogP contribution in [0.2, 0.25) is 0 Å². The van der Waals surface area contributed by atoms with Crippen molar-refractivity contribution in [2.24, 2.45) is 5.10 Å². The fourth-order valence-electron chi connectivity index (χ4n) is 0.809. The maximum Gasteiger partial charge on any atom is 0.427 e. The second-order valence-electron chi connectivity index (χ2n) is 2.57. The lowest BCUT2D eigenvalue weighted by Crippen LogP contribution is -2.16. The van der Waals surface area contributed by atoms with Crippen molar-refractivity contribution >= 4 is 34.9 Å². The number of hydrogen-bond acceptors (Lipinski definition) is 4. The van der Waals surface area contributed by atoms with Crippen LogP contribution in [0.4, 0.5) is 4.79 Å². The standard InChI is InChI=1S/C9H9IN2O3/c1-15-9(14)12-11-5-6-2-3-8(13)7(10)4-6/h2-5,13H,1H3,(H,12,14)/b11-5-. The summed E-state index contributed by atoms with van der Waals surface area (Å²) in [6.07, 6.45) is 0.832. The molecule has 0 heterocycles.